The Morgan fingerprint density at radius 1 is 1.04 bits per heavy atom. The minimum atomic E-state index is -0.493. The Kier molecular flexibility index (Phi) is 6.09. The monoisotopic (exact) mass is 323 g/mol. The van der Waals surface area contributed by atoms with E-state index in [-0.39, 0.29) is 19.0 Å². The van der Waals surface area contributed by atoms with Crippen LogP contribution in [0, 0.1) is 11.3 Å². The lowest BCUT2D eigenvalue weighted by molar-refractivity contribution is -0.147. The summed E-state index contributed by atoms with van der Waals surface area (Å²) in [5.74, 6) is 0.0643. The van der Waals surface area contributed by atoms with Gasteiger partial charge in [0.25, 0.3) is 0 Å². The number of hydrogen-bond donors (Lipinski definition) is 0. The number of carbonyl (C=O) groups is 2. The van der Waals surface area contributed by atoms with Gasteiger partial charge < -0.3 is 9.47 Å². The molecule has 0 spiro atoms. The summed E-state index contributed by atoms with van der Waals surface area (Å²) in [7, 11) is 0. The van der Waals surface area contributed by atoms with Crippen molar-refractivity contribution < 1.29 is 19.1 Å². The van der Waals surface area contributed by atoms with E-state index in [0.717, 1.165) is 5.56 Å². The Bertz CT molecular complexity index is 742. The number of nitrogens with zero attached hydrogens (tertiary/aromatic N) is 1. The van der Waals surface area contributed by atoms with Gasteiger partial charge in [0.05, 0.1) is 11.6 Å². The Balaban J connectivity index is 1.78. The molecule has 0 saturated carbocycles. The molecule has 0 bridgehead atoms. The first-order chi connectivity index (χ1) is 11.6. The molecule has 0 aliphatic carbocycles. The summed E-state index contributed by atoms with van der Waals surface area (Å²) in [5.41, 5.74) is 1.97. The van der Waals surface area contributed by atoms with Crippen molar-refractivity contribution in [2.45, 2.75) is 20.0 Å². The first-order valence-corrected chi connectivity index (χ1v) is 7.53. The second kappa shape index (κ2) is 8.49. The van der Waals surface area contributed by atoms with Crippen LogP contribution in [0.3, 0.4) is 0 Å². The van der Waals surface area contributed by atoms with E-state index < -0.39 is 5.97 Å². The number of nitriles is 1. The van der Waals surface area contributed by atoms with E-state index in [9.17, 15) is 9.59 Å². The average Bonchev–Trinajstić information content (AvgIpc) is 2.64. The summed E-state index contributed by atoms with van der Waals surface area (Å²) in [6.45, 7) is 1.71. The maximum Gasteiger partial charge on any atom is 0.344 e. The number of rotatable bonds is 7. The van der Waals surface area contributed by atoms with Crippen molar-refractivity contribution in [1.82, 2.24) is 0 Å². The highest BCUT2D eigenvalue weighted by molar-refractivity contribution is 5.95. The molecule has 0 heterocycles. The van der Waals surface area contributed by atoms with Gasteiger partial charge in [-0.3, -0.25) is 4.79 Å². The average molecular weight is 323 g/mol. The van der Waals surface area contributed by atoms with Gasteiger partial charge in [-0.05, 0) is 42.0 Å². The Morgan fingerprint density at radius 3 is 2.29 bits per heavy atom. The fourth-order valence-corrected chi connectivity index (χ4v) is 1.96. The molecule has 0 unspecified atom stereocenters. The topological polar surface area (TPSA) is 76.4 Å². The summed E-state index contributed by atoms with van der Waals surface area (Å²) >= 11 is 0. The van der Waals surface area contributed by atoms with Gasteiger partial charge >= 0.3 is 5.97 Å². The largest absolute Gasteiger partial charge is 0.482 e. The van der Waals surface area contributed by atoms with E-state index in [0.29, 0.717) is 23.3 Å². The molecular weight excluding hydrogens is 306 g/mol. The van der Waals surface area contributed by atoms with Gasteiger partial charge in [0.1, 0.15) is 12.4 Å². The Labute approximate surface area is 140 Å². The molecule has 5 nitrogen and oxygen atoms in total. The number of benzene rings is 2. The summed E-state index contributed by atoms with van der Waals surface area (Å²) in [6.07, 6.45) is 0.446. The normalized spacial score (nSPS) is 9.83. The summed E-state index contributed by atoms with van der Waals surface area (Å²) in [6, 6.07) is 15.5. The molecule has 0 fully saturated rings. The molecular formula is C19H17NO4. The fraction of sp³-hybridized carbons (Fsp3) is 0.211. The lowest BCUT2D eigenvalue weighted by Crippen LogP contribution is -2.14. The molecule has 122 valence electrons. The molecule has 0 amide bonds. The minimum Gasteiger partial charge on any atom is -0.482 e. The SMILES string of the molecule is CCC(=O)c1ccc(OCC(=O)OCc2ccc(C#N)cc2)cc1. The molecule has 24 heavy (non-hydrogen) atoms. The van der Waals surface area contributed by atoms with Gasteiger partial charge in [-0.1, -0.05) is 19.1 Å². The molecule has 0 radical (unpaired) electrons. The Morgan fingerprint density at radius 2 is 1.71 bits per heavy atom. The summed E-state index contributed by atoms with van der Waals surface area (Å²) in [5, 5.41) is 8.72. The lowest BCUT2D eigenvalue weighted by Gasteiger charge is -2.08. The molecule has 0 aliphatic rings. The van der Waals surface area contributed by atoms with E-state index in [1.54, 1.807) is 55.5 Å². The van der Waals surface area contributed by atoms with Crippen LogP contribution in [0.25, 0.3) is 0 Å². The molecule has 2 rings (SSSR count). The first-order valence-electron chi connectivity index (χ1n) is 7.53. The second-order valence-electron chi connectivity index (χ2n) is 5.06. The van der Waals surface area contributed by atoms with Crippen LogP contribution in [0.4, 0.5) is 0 Å². The van der Waals surface area contributed by atoms with E-state index in [1.807, 2.05) is 6.07 Å². The molecule has 0 aliphatic heterocycles. The zero-order valence-electron chi connectivity index (χ0n) is 13.3. The van der Waals surface area contributed by atoms with E-state index in [1.165, 1.54) is 0 Å². The van der Waals surface area contributed by atoms with Crippen molar-refractivity contribution in [3.63, 3.8) is 0 Å². The third-order valence-electron chi connectivity index (χ3n) is 3.34. The first kappa shape index (κ1) is 17.2. The van der Waals surface area contributed by atoms with Gasteiger partial charge in [0, 0.05) is 12.0 Å². The van der Waals surface area contributed by atoms with Crippen molar-refractivity contribution in [2.75, 3.05) is 6.61 Å². The van der Waals surface area contributed by atoms with Crippen molar-refractivity contribution in [3.05, 3.63) is 65.2 Å². The number of ketones is 1. The van der Waals surface area contributed by atoms with Gasteiger partial charge in [-0.2, -0.15) is 5.26 Å². The smallest absolute Gasteiger partial charge is 0.344 e. The van der Waals surface area contributed by atoms with Crippen LogP contribution in [0.1, 0.15) is 34.8 Å². The highest BCUT2D eigenvalue weighted by Gasteiger charge is 2.07. The van der Waals surface area contributed by atoms with Crippen LogP contribution in [0.2, 0.25) is 0 Å². The van der Waals surface area contributed by atoms with E-state index in [2.05, 4.69) is 0 Å². The van der Waals surface area contributed by atoms with Crippen LogP contribution >= 0.6 is 0 Å². The van der Waals surface area contributed by atoms with Crippen molar-refractivity contribution in [1.29, 1.82) is 5.26 Å². The van der Waals surface area contributed by atoms with E-state index in [4.69, 9.17) is 14.7 Å². The van der Waals surface area contributed by atoms with Gasteiger partial charge in [0.2, 0.25) is 0 Å². The molecule has 2 aromatic rings. The zero-order chi connectivity index (χ0) is 17.4. The van der Waals surface area contributed by atoms with Gasteiger partial charge in [-0.15, -0.1) is 0 Å². The number of carbonyl (C=O) groups excluding carboxylic acids is 2. The number of esters is 1. The van der Waals surface area contributed by atoms with Crippen LogP contribution < -0.4 is 4.74 Å². The molecule has 0 atom stereocenters. The van der Waals surface area contributed by atoms with Crippen molar-refractivity contribution >= 4 is 11.8 Å². The predicted molar refractivity (Wildman–Crippen MR) is 87.5 cm³/mol. The summed E-state index contributed by atoms with van der Waals surface area (Å²) in [4.78, 5) is 23.2. The van der Waals surface area contributed by atoms with Crippen LogP contribution in [-0.2, 0) is 16.1 Å². The molecule has 0 saturated heterocycles. The highest BCUT2D eigenvalue weighted by atomic mass is 16.6. The molecule has 0 aromatic heterocycles. The number of Topliss-reactive ketones (excluding diaryl/α,β-unsaturated/α-hetero) is 1. The van der Waals surface area contributed by atoms with Crippen molar-refractivity contribution in [3.8, 4) is 11.8 Å². The number of ether oxygens (including phenoxy) is 2. The molecule has 5 heteroatoms. The van der Waals surface area contributed by atoms with Gasteiger partial charge in [0.15, 0.2) is 12.4 Å². The molecule has 0 N–H and O–H groups in total. The highest BCUT2D eigenvalue weighted by Crippen LogP contribution is 2.13. The maximum atomic E-state index is 11.7. The quantitative estimate of drug-likeness (QED) is 0.577. The van der Waals surface area contributed by atoms with E-state index >= 15 is 0 Å². The van der Waals surface area contributed by atoms with Crippen LogP contribution in [0.5, 0.6) is 5.75 Å². The zero-order valence-corrected chi connectivity index (χ0v) is 13.3. The third-order valence-corrected chi connectivity index (χ3v) is 3.34. The van der Waals surface area contributed by atoms with Crippen LogP contribution in [-0.4, -0.2) is 18.4 Å². The van der Waals surface area contributed by atoms with Gasteiger partial charge in [-0.25, -0.2) is 4.79 Å². The van der Waals surface area contributed by atoms with Crippen LogP contribution in [0.15, 0.2) is 48.5 Å². The Hall–Kier alpha value is -3.13. The van der Waals surface area contributed by atoms with Crippen molar-refractivity contribution in [2.24, 2.45) is 0 Å². The lowest BCUT2D eigenvalue weighted by atomic mass is 10.1. The fourth-order valence-electron chi connectivity index (χ4n) is 1.96. The summed E-state index contributed by atoms with van der Waals surface area (Å²) < 4.78 is 10.4. The minimum absolute atomic E-state index is 0.0587. The number of hydrogen-bond acceptors (Lipinski definition) is 5. The molecule has 2 aromatic carbocycles. The third kappa shape index (κ3) is 4.96. The predicted octanol–water partition coefficient (Wildman–Crippen LogP) is 3.27. The second-order valence-corrected chi connectivity index (χ2v) is 5.06. The standard InChI is InChI=1S/C19H17NO4/c1-2-18(21)16-7-9-17(10-8-16)23-13-19(22)24-12-15-5-3-14(11-20)4-6-15/h3-10H,2,12-13H2,1H3. The maximum absolute atomic E-state index is 11.7.